The average molecular weight is 279 g/mol. The predicted molar refractivity (Wildman–Crippen MR) is 76.5 cm³/mol. The summed E-state index contributed by atoms with van der Waals surface area (Å²) in [7, 11) is 1.60. The minimum atomic E-state index is -0.857. The van der Waals surface area contributed by atoms with Crippen LogP contribution in [0.2, 0.25) is 0 Å². The van der Waals surface area contributed by atoms with Crippen LogP contribution in [0.4, 0.5) is 4.79 Å². The molecule has 2 atom stereocenters. The number of ether oxygens (including phenoxy) is 1. The highest BCUT2D eigenvalue weighted by atomic mass is 16.5. The molecule has 4 N–H and O–H groups in total. The predicted octanol–water partition coefficient (Wildman–Crippen LogP) is 1.24. The molecule has 0 heterocycles. The lowest BCUT2D eigenvalue weighted by Gasteiger charge is -2.21. The van der Waals surface area contributed by atoms with Crippen LogP contribution >= 0.6 is 0 Å². The summed E-state index contributed by atoms with van der Waals surface area (Å²) in [6.07, 6.45) is 0. The smallest absolute Gasteiger partial charge is 0.318 e. The van der Waals surface area contributed by atoms with Crippen molar-refractivity contribution in [2.24, 2.45) is 5.73 Å². The number of urea groups is 1. The second-order valence-corrected chi connectivity index (χ2v) is 4.71. The van der Waals surface area contributed by atoms with E-state index < -0.39 is 18.0 Å². The highest BCUT2D eigenvalue weighted by Crippen LogP contribution is 2.26. The van der Waals surface area contributed by atoms with Gasteiger partial charge in [-0.25, -0.2) is 4.79 Å². The van der Waals surface area contributed by atoms with Crippen molar-refractivity contribution in [3.05, 3.63) is 29.3 Å². The monoisotopic (exact) mass is 279 g/mol. The minimum Gasteiger partial charge on any atom is -0.496 e. The Kier molecular flexibility index (Phi) is 5.52. The normalized spacial score (nSPS) is 13.4. The van der Waals surface area contributed by atoms with Gasteiger partial charge in [0.25, 0.3) is 0 Å². The van der Waals surface area contributed by atoms with Crippen LogP contribution in [0, 0.1) is 6.92 Å². The quantitative estimate of drug-likeness (QED) is 0.756. The third kappa shape index (κ3) is 4.24. The molecule has 0 fully saturated rings. The van der Waals surface area contributed by atoms with E-state index >= 15 is 0 Å². The fraction of sp³-hybridized carbons (Fsp3) is 0.429. The summed E-state index contributed by atoms with van der Waals surface area (Å²) in [5.41, 5.74) is 6.97. The summed E-state index contributed by atoms with van der Waals surface area (Å²) in [6, 6.07) is 4.32. The third-order valence-electron chi connectivity index (χ3n) is 2.99. The second-order valence-electron chi connectivity index (χ2n) is 4.71. The zero-order chi connectivity index (χ0) is 15.3. The summed E-state index contributed by atoms with van der Waals surface area (Å²) >= 11 is 0. The van der Waals surface area contributed by atoms with Gasteiger partial charge >= 0.3 is 6.03 Å². The van der Waals surface area contributed by atoms with Crippen LogP contribution in [0.15, 0.2) is 18.2 Å². The maximum atomic E-state index is 11.6. The number of methoxy groups -OCH3 is 1. The van der Waals surface area contributed by atoms with Gasteiger partial charge < -0.3 is 10.5 Å². The first-order valence-corrected chi connectivity index (χ1v) is 6.36. The van der Waals surface area contributed by atoms with Crippen molar-refractivity contribution in [3.63, 3.8) is 0 Å². The topological polar surface area (TPSA) is 93.4 Å². The number of rotatable bonds is 5. The molecule has 6 nitrogen and oxygen atoms in total. The van der Waals surface area contributed by atoms with Gasteiger partial charge in [0.15, 0.2) is 0 Å². The molecule has 0 saturated heterocycles. The molecule has 0 aromatic heterocycles. The Labute approximate surface area is 118 Å². The van der Waals surface area contributed by atoms with Gasteiger partial charge in [0, 0.05) is 11.6 Å². The molecule has 6 heteroatoms. The standard InChI is InChI=1S/C14H21N3O3/c1-8-5-6-12(20-4)11(7-8)9(2)16-10(3)13(18)17-14(15)19/h5-7,9-10,16H,1-4H3,(H3,15,17,18,19)/t9-,10+/m0/s1. The summed E-state index contributed by atoms with van der Waals surface area (Å²) in [6.45, 7) is 5.57. The first-order chi connectivity index (χ1) is 9.35. The summed E-state index contributed by atoms with van der Waals surface area (Å²) < 4.78 is 5.31. The first-order valence-electron chi connectivity index (χ1n) is 6.36. The number of primary amides is 1. The van der Waals surface area contributed by atoms with Crippen molar-refractivity contribution in [2.75, 3.05) is 7.11 Å². The maximum absolute atomic E-state index is 11.6. The summed E-state index contributed by atoms with van der Waals surface area (Å²) in [5, 5.41) is 5.15. The van der Waals surface area contributed by atoms with Gasteiger partial charge in [0.1, 0.15) is 5.75 Å². The SMILES string of the molecule is COc1ccc(C)cc1[C@H](C)N[C@H](C)C(=O)NC(N)=O. The number of imide groups is 1. The fourth-order valence-electron chi connectivity index (χ4n) is 1.96. The van der Waals surface area contributed by atoms with E-state index in [0.717, 1.165) is 16.9 Å². The van der Waals surface area contributed by atoms with Gasteiger partial charge in [-0.2, -0.15) is 0 Å². The number of benzene rings is 1. The molecule has 0 radical (unpaired) electrons. The lowest BCUT2D eigenvalue weighted by molar-refractivity contribution is -0.121. The van der Waals surface area contributed by atoms with E-state index in [2.05, 4.69) is 5.32 Å². The number of amides is 3. The summed E-state index contributed by atoms with van der Waals surface area (Å²) in [5.74, 6) is 0.286. The number of hydrogen-bond acceptors (Lipinski definition) is 4. The number of aryl methyl sites for hydroxylation is 1. The van der Waals surface area contributed by atoms with Gasteiger partial charge in [-0.1, -0.05) is 17.7 Å². The highest BCUT2D eigenvalue weighted by Gasteiger charge is 2.19. The van der Waals surface area contributed by atoms with E-state index in [1.165, 1.54) is 0 Å². The van der Waals surface area contributed by atoms with Crippen molar-refractivity contribution in [1.29, 1.82) is 0 Å². The molecule has 0 unspecified atom stereocenters. The van der Waals surface area contributed by atoms with Crippen molar-refractivity contribution >= 4 is 11.9 Å². The van der Waals surface area contributed by atoms with Crippen LogP contribution in [-0.2, 0) is 4.79 Å². The molecule has 20 heavy (non-hydrogen) atoms. The molecule has 0 bridgehead atoms. The zero-order valence-electron chi connectivity index (χ0n) is 12.2. The van der Waals surface area contributed by atoms with Crippen LogP contribution < -0.4 is 21.1 Å². The molecule has 0 aliphatic heterocycles. The van der Waals surface area contributed by atoms with Gasteiger partial charge in [-0.15, -0.1) is 0 Å². The largest absolute Gasteiger partial charge is 0.496 e. The minimum absolute atomic E-state index is 0.113. The first kappa shape index (κ1) is 16.0. The van der Waals surface area contributed by atoms with E-state index in [0.29, 0.717) is 0 Å². The Morgan fingerprint density at radius 2 is 1.95 bits per heavy atom. The van der Waals surface area contributed by atoms with Gasteiger partial charge in [0.05, 0.1) is 13.2 Å². The molecule has 1 aromatic rings. The number of hydrogen-bond donors (Lipinski definition) is 3. The van der Waals surface area contributed by atoms with Crippen molar-refractivity contribution in [2.45, 2.75) is 32.9 Å². The van der Waals surface area contributed by atoms with Crippen LogP contribution in [0.5, 0.6) is 5.75 Å². The Balaban J connectivity index is 2.80. The van der Waals surface area contributed by atoms with Crippen molar-refractivity contribution < 1.29 is 14.3 Å². The van der Waals surface area contributed by atoms with Crippen molar-refractivity contribution in [1.82, 2.24) is 10.6 Å². The molecule has 3 amide bonds. The highest BCUT2D eigenvalue weighted by molar-refractivity contribution is 5.96. The molecule has 110 valence electrons. The fourth-order valence-corrected chi connectivity index (χ4v) is 1.96. The molecule has 1 rings (SSSR count). The number of carbonyl (C=O) groups excluding carboxylic acids is 2. The number of carbonyl (C=O) groups is 2. The Hall–Kier alpha value is -2.08. The van der Waals surface area contributed by atoms with E-state index in [4.69, 9.17) is 10.5 Å². The average Bonchev–Trinajstić information content (AvgIpc) is 2.37. The molecule has 0 aliphatic carbocycles. The lowest BCUT2D eigenvalue weighted by Crippen LogP contribution is -2.47. The molecule has 1 aromatic carbocycles. The van der Waals surface area contributed by atoms with Gasteiger partial charge in [-0.05, 0) is 26.8 Å². The van der Waals surface area contributed by atoms with E-state index in [-0.39, 0.29) is 6.04 Å². The van der Waals surface area contributed by atoms with Crippen molar-refractivity contribution in [3.8, 4) is 5.75 Å². The van der Waals surface area contributed by atoms with Gasteiger partial charge in [0.2, 0.25) is 5.91 Å². The molecule has 0 spiro atoms. The Bertz CT molecular complexity index is 502. The third-order valence-corrected chi connectivity index (χ3v) is 2.99. The lowest BCUT2D eigenvalue weighted by atomic mass is 10.0. The molecule has 0 aliphatic rings. The van der Waals surface area contributed by atoms with Crippen LogP contribution in [0.1, 0.15) is 31.0 Å². The van der Waals surface area contributed by atoms with Crippen LogP contribution in [-0.4, -0.2) is 25.1 Å². The van der Waals surface area contributed by atoms with Crippen LogP contribution in [0.25, 0.3) is 0 Å². The zero-order valence-corrected chi connectivity index (χ0v) is 12.2. The molecule has 0 saturated carbocycles. The maximum Gasteiger partial charge on any atom is 0.318 e. The molecular weight excluding hydrogens is 258 g/mol. The Morgan fingerprint density at radius 1 is 1.30 bits per heavy atom. The Morgan fingerprint density at radius 3 is 2.50 bits per heavy atom. The second kappa shape index (κ2) is 6.91. The van der Waals surface area contributed by atoms with E-state index in [1.54, 1.807) is 14.0 Å². The van der Waals surface area contributed by atoms with Gasteiger partial charge in [-0.3, -0.25) is 15.4 Å². The number of nitrogens with two attached hydrogens (primary N) is 1. The molecular formula is C14H21N3O3. The van der Waals surface area contributed by atoms with E-state index in [1.807, 2.05) is 37.4 Å². The summed E-state index contributed by atoms with van der Waals surface area (Å²) in [4.78, 5) is 22.3. The number of nitrogens with one attached hydrogen (secondary N) is 2. The van der Waals surface area contributed by atoms with Crippen LogP contribution in [0.3, 0.4) is 0 Å². The van der Waals surface area contributed by atoms with E-state index in [9.17, 15) is 9.59 Å².